The molecule has 0 aliphatic carbocycles. The van der Waals surface area contributed by atoms with Crippen LogP contribution in [0.1, 0.15) is 26.3 Å². The van der Waals surface area contributed by atoms with E-state index in [4.69, 9.17) is 9.47 Å². The number of hydrogen-bond acceptors (Lipinski definition) is 4. The second-order valence-electron chi connectivity index (χ2n) is 6.02. The topological polar surface area (TPSA) is 66.4 Å². The lowest BCUT2D eigenvalue weighted by atomic mass is 10.2. The molecular weight excluding hydrogens is 344 g/mol. The minimum Gasteiger partial charge on any atom is -0.496 e. The molecule has 7 nitrogen and oxygen atoms in total. The van der Waals surface area contributed by atoms with E-state index in [0.29, 0.717) is 45.4 Å². The fourth-order valence-electron chi connectivity index (χ4n) is 2.64. The molecule has 0 radical (unpaired) electrons. The van der Waals surface area contributed by atoms with Crippen molar-refractivity contribution in [2.45, 2.75) is 27.4 Å². The Morgan fingerprint density at radius 1 is 1.19 bits per heavy atom. The Hall–Kier alpha value is -2.28. The lowest BCUT2D eigenvalue weighted by Crippen LogP contribution is -2.45. The van der Waals surface area contributed by atoms with Crippen LogP contribution in [0.2, 0.25) is 0 Å². The van der Waals surface area contributed by atoms with Crippen LogP contribution >= 0.6 is 0 Å². The highest BCUT2D eigenvalue weighted by molar-refractivity contribution is 5.86. The summed E-state index contributed by atoms with van der Waals surface area (Å²) in [6.45, 7) is 9.94. The van der Waals surface area contributed by atoms with Crippen LogP contribution in [0.3, 0.4) is 0 Å². The Morgan fingerprint density at radius 2 is 1.89 bits per heavy atom. The Balaban J connectivity index is 2.51. The third kappa shape index (κ3) is 7.86. The number of likely N-dealkylation sites (N-methyl/N-ethyl adjacent to an activating group) is 2. The summed E-state index contributed by atoms with van der Waals surface area (Å²) in [5, 5.41) is 3.22. The number of benzene rings is 1. The van der Waals surface area contributed by atoms with Crippen LogP contribution in [0, 0.1) is 0 Å². The van der Waals surface area contributed by atoms with Crippen molar-refractivity contribution in [2.75, 3.05) is 53.5 Å². The monoisotopic (exact) mass is 378 g/mol. The average Bonchev–Trinajstić information content (AvgIpc) is 2.68. The largest absolute Gasteiger partial charge is 0.496 e. The SMILES string of the molecule is CCNC(=NCCOCc1ccccc1OC)N(C)CC(=O)N(CC)CC. The molecule has 0 unspecified atom stereocenters. The van der Waals surface area contributed by atoms with E-state index in [-0.39, 0.29) is 5.91 Å². The maximum atomic E-state index is 12.3. The second-order valence-corrected chi connectivity index (χ2v) is 6.02. The summed E-state index contributed by atoms with van der Waals surface area (Å²) >= 11 is 0. The molecule has 0 aliphatic heterocycles. The maximum Gasteiger partial charge on any atom is 0.242 e. The van der Waals surface area contributed by atoms with Gasteiger partial charge in [-0.3, -0.25) is 9.79 Å². The van der Waals surface area contributed by atoms with Crippen LogP contribution in [-0.2, 0) is 16.1 Å². The number of hydrogen-bond donors (Lipinski definition) is 1. The van der Waals surface area contributed by atoms with Gasteiger partial charge in [-0.05, 0) is 26.8 Å². The molecule has 0 heterocycles. The highest BCUT2D eigenvalue weighted by Crippen LogP contribution is 2.17. The predicted molar refractivity (Wildman–Crippen MR) is 109 cm³/mol. The van der Waals surface area contributed by atoms with Crippen molar-refractivity contribution in [2.24, 2.45) is 4.99 Å². The smallest absolute Gasteiger partial charge is 0.242 e. The highest BCUT2D eigenvalue weighted by Gasteiger charge is 2.14. The maximum absolute atomic E-state index is 12.3. The van der Waals surface area contributed by atoms with Crippen molar-refractivity contribution in [3.05, 3.63) is 29.8 Å². The zero-order valence-corrected chi connectivity index (χ0v) is 17.3. The highest BCUT2D eigenvalue weighted by atomic mass is 16.5. The number of methoxy groups -OCH3 is 1. The lowest BCUT2D eigenvalue weighted by molar-refractivity contribution is -0.131. The van der Waals surface area contributed by atoms with Gasteiger partial charge in [0.1, 0.15) is 5.75 Å². The van der Waals surface area contributed by atoms with Crippen LogP contribution < -0.4 is 10.1 Å². The summed E-state index contributed by atoms with van der Waals surface area (Å²) < 4.78 is 11.0. The summed E-state index contributed by atoms with van der Waals surface area (Å²) in [7, 11) is 3.53. The Morgan fingerprint density at radius 3 is 2.52 bits per heavy atom. The first-order valence-electron chi connectivity index (χ1n) is 9.54. The number of rotatable bonds is 11. The number of nitrogens with one attached hydrogen (secondary N) is 1. The van der Waals surface area contributed by atoms with Crippen LogP contribution in [0.5, 0.6) is 5.75 Å². The fourth-order valence-corrected chi connectivity index (χ4v) is 2.64. The first kappa shape index (κ1) is 22.8. The first-order chi connectivity index (χ1) is 13.1. The van der Waals surface area contributed by atoms with E-state index in [0.717, 1.165) is 17.9 Å². The quantitative estimate of drug-likeness (QED) is 0.362. The third-order valence-corrected chi connectivity index (χ3v) is 4.13. The molecule has 0 bridgehead atoms. The number of carbonyl (C=O) groups excluding carboxylic acids is 1. The molecule has 0 atom stereocenters. The van der Waals surface area contributed by atoms with Gasteiger partial charge >= 0.3 is 0 Å². The Labute approximate surface area is 163 Å². The minimum atomic E-state index is 0.0977. The van der Waals surface area contributed by atoms with Gasteiger partial charge in [-0.15, -0.1) is 0 Å². The molecule has 1 rings (SSSR count). The molecule has 1 amide bonds. The van der Waals surface area contributed by atoms with Gasteiger partial charge in [-0.1, -0.05) is 18.2 Å². The fraction of sp³-hybridized carbons (Fsp3) is 0.600. The number of aliphatic imine (C=N–C) groups is 1. The van der Waals surface area contributed by atoms with Crippen molar-refractivity contribution in [1.82, 2.24) is 15.1 Å². The van der Waals surface area contributed by atoms with Gasteiger partial charge in [0.2, 0.25) is 5.91 Å². The summed E-state index contributed by atoms with van der Waals surface area (Å²) in [6, 6.07) is 7.80. The van der Waals surface area contributed by atoms with Crippen molar-refractivity contribution in [3.8, 4) is 5.75 Å². The Bertz CT molecular complexity index is 588. The molecule has 0 aliphatic rings. The van der Waals surface area contributed by atoms with Gasteiger partial charge in [0, 0.05) is 32.2 Å². The van der Waals surface area contributed by atoms with E-state index in [9.17, 15) is 4.79 Å². The molecule has 0 aromatic heterocycles. The van der Waals surface area contributed by atoms with Crippen LogP contribution in [0.25, 0.3) is 0 Å². The van der Waals surface area contributed by atoms with Gasteiger partial charge in [0.15, 0.2) is 5.96 Å². The number of guanidine groups is 1. The summed E-state index contributed by atoms with van der Waals surface area (Å²) in [5.74, 6) is 1.63. The molecule has 152 valence electrons. The van der Waals surface area contributed by atoms with E-state index in [2.05, 4.69) is 10.3 Å². The minimum absolute atomic E-state index is 0.0977. The molecule has 1 aromatic rings. The molecule has 0 saturated heterocycles. The van der Waals surface area contributed by atoms with E-state index >= 15 is 0 Å². The lowest BCUT2D eigenvalue weighted by Gasteiger charge is -2.25. The van der Waals surface area contributed by atoms with Crippen LogP contribution in [0.4, 0.5) is 0 Å². The molecule has 7 heteroatoms. The summed E-state index contributed by atoms with van der Waals surface area (Å²) in [5.41, 5.74) is 1.01. The van der Waals surface area contributed by atoms with E-state index < -0.39 is 0 Å². The molecule has 27 heavy (non-hydrogen) atoms. The number of ether oxygens (including phenoxy) is 2. The predicted octanol–water partition coefficient (Wildman–Crippen LogP) is 1.98. The van der Waals surface area contributed by atoms with Gasteiger partial charge in [0.05, 0.1) is 33.4 Å². The van der Waals surface area contributed by atoms with Crippen LogP contribution in [-0.4, -0.2) is 75.2 Å². The number of carbonyl (C=O) groups is 1. The van der Waals surface area contributed by atoms with Crippen molar-refractivity contribution >= 4 is 11.9 Å². The Kier molecular flexibility index (Phi) is 10.9. The zero-order valence-electron chi connectivity index (χ0n) is 17.3. The average molecular weight is 379 g/mol. The van der Waals surface area contributed by atoms with Crippen molar-refractivity contribution < 1.29 is 14.3 Å². The van der Waals surface area contributed by atoms with Crippen molar-refractivity contribution in [3.63, 3.8) is 0 Å². The number of para-hydroxylation sites is 1. The summed E-state index contributed by atoms with van der Waals surface area (Å²) in [4.78, 5) is 20.5. The second kappa shape index (κ2) is 13.0. The molecule has 1 aromatic carbocycles. The van der Waals surface area contributed by atoms with E-state index in [1.54, 1.807) is 7.11 Å². The van der Waals surface area contributed by atoms with Gasteiger partial charge in [0.25, 0.3) is 0 Å². The van der Waals surface area contributed by atoms with Crippen molar-refractivity contribution in [1.29, 1.82) is 0 Å². The van der Waals surface area contributed by atoms with Crippen LogP contribution in [0.15, 0.2) is 29.3 Å². The van der Waals surface area contributed by atoms with Gasteiger partial charge in [-0.25, -0.2) is 0 Å². The number of amides is 1. The van der Waals surface area contributed by atoms with Gasteiger partial charge in [-0.2, -0.15) is 0 Å². The molecule has 0 saturated carbocycles. The molecule has 0 spiro atoms. The van der Waals surface area contributed by atoms with Gasteiger partial charge < -0.3 is 24.6 Å². The van der Waals surface area contributed by atoms with E-state index in [1.807, 2.05) is 61.9 Å². The normalized spacial score (nSPS) is 11.2. The molecular formula is C20H34N4O3. The zero-order chi connectivity index (χ0) is 20.1. The molecule has 0 fully saturated rings. The number of nitrogens with zero attached hydrogens (tertiary/aromatic N) is 3. The third-order valence-electron chi connectivity index (χ3n) is 4.13. The van der Waals surface area contributed by atoms with E-state index in [1.165, 1.54) is 0 Å². The standard InChI is InChI=1S/C20H34N4O3/c1-6-21-20(23(4)15-19(25)24(7-2)8-3)22-13-14-27-16-17-11-9-10-12-18(17)26-5/h9-12H,6-8,13-16H2,1-5H3,(H,21,22). The first-order valence-corrected chi connectivity index (χ1v) is 9.54. The summed E-state index contributed by atoms with van der Waals surface area (Å²) in [6.07, 6.45) is 0. The molecule has 1 N–H and O–H groups in total.